The van der Waals surface area contributed by atoms with E-state index in [9.17, 15) is 9.90 Å². The number of aliphatic hydroxyl groups excluding tert-OH is 1. The number of carbonyl (C=O) groups excluding carboxylic acids is 1. The molecule has 3 rings (SSSR count). The first kappa shape index (κ1) is 21.1. The molecule has 0 fully saturated rings. The summed E-state index contributed by atoms with van der Waals surface area (Å²) < 4.78 is 5.43. The van der Waals surface area contributed by atoms with Crippen molar-refractivity contribution in [1.29, 1.82) is 0 Å². The van der Waals surface area contributed by atoms with Crippen molar-refractivity contribution in [3.63, 3.8) is 0 Å². The van der Waals surface area contributed by atoms with E-state index in [0.717, 1.165) is 22.5 Å². The van der Waals surface area contributed by atoms with Gasteiger partial charge in [-0.05, 0) is 43.2 Å². The van der Waals surface area contributed by atoms with Gasteiger partial charge in [-0.2, -0.15) is 0 Å². The minimum Gasteiger partial charge on any atom is -0.368 e. The van der Waals surface area contributed by atoms with E-state index in [1.807, 2.05) is 62.4 Å². The zero-order chi connectivity index (χ0) is 20.8. The first-order valence-electron chi connectivity index (χ1n) is 9.54. The molecule has 3 aromatic rings. The highest BCUT2D eigenvalue weighted by Crippen LogP contribution is 2.28. The highest BCUT2D eigenvalue weighted by Gasteiger charge is 2.15. The lowest BCUT2D eigenvalue weighted by Crippen LogP contribution is -2.10. The highest BCUT2D eigenvalue weighted by atomic mass is 35.5. The Morgan fingerprint density at radius 3 is 2.52 bits per heavy atom. The second-order valence-electron chi connectivity index (χ2n) is 6.79. The number of halogens is 1. The van der Waals surface area contributed by atoms with Crippen LogP contribution in [0.2, 0.25) is 5.02 Å². The van der Waals surface area contributed by atoms with Crippen LogP contribution in [0.1, 0.15) is 40.4 Å². The number of ether oxygens (including phenoxy) is 1. The maximum atomic E-state index is 12.8. The average molecular weight is 410 g/mol. The Morgan fingerprint density at radius 2 is 1.79 bits per heavy atom. The van der Waals surface area contributed by atoms with Crippen LogP contribution in [0.5, 0.6) is 0 Å². The van der Waals surface area contributed by atoms with Gasteiger partial charge in [-0.25, -0.2) is 0 Å². The number of aryl methyl sites for hydroxylation is 1. The molecule has 0 aliphatic heterocycles. The molecule has 0 radical (unpaired) electrons. The van der Waals surface area contributed by atoms with Crippen LogP contribution in [-0.4, -0.2) is 17.2 Å². The van der Waals surface area contributed by atoms with Gasteiger partial charge in [0.15, 0.2) is 12.1 Å². The summed E-state index contributed by atoms with van der Waals surface area (Å²) in [6.07, 6.45) is -0.258. The number of ketones is 1. The molecule has 0 saturated heterocycles. The molecule has 0 aromatic heterocycles. The topological polar surface area (TPSA) is 58.6 Å². The van der Waals surface area contributed by atoms with E-state index in [-0.39, 0.29) is 12.4 Å². The highest BCUT2D eigenvalue weighted by molar-refractivity contribution is 6.35. The van der Waals surface area contributed by atoms with E-state index >= 15 is 0 Å². The Labute approximate surface area is 176 Å². The van der Waals surface area contributed by atoms with Gasteiger partial charge < -0.3 is 15.2 Å². The fraction of sp³-hybridized carbons (Fsp3) is 0.208. The Hall–Kier alpha value is -2.66. The molecule has 0 bridgehead atoms. The van der Waals surface area contributed by atoms with Gasteiger partial charge in [0, 0.05) is 28.1 Å². The second kappa shape index (κ2) is 9.70. The van der Waals surface area contributed by atoms with Crippen LogP contribution in [0.4, 0.5) is 11.4 Å². The number of carbonyl (C=O) groups is 1. The zero-order valence-corrected chi connectivity index (χ0v) is 17.2. The number of aliphatic hydroxyl groups is 1. The van der Waals surface area contributed by atoms with Gasteiger partial charge in [-0.1, -0.05) is 61.0 Å². The van der Waals surface area contributed by atoms with Crippen LogP contribution in [0, 0.1) is 6.92 Å². The third-order valence-electron chi connectivity index (χ3n) is 4.68. The molecule has 0 amide bonds. The summed E-state index contributed by atoms with van der Waals surface area (Å²) in [5.41, 5.74) is 4.56. The molecule has 1 unspecified atom stereocenters. The van der Waals surface area contributed by atoms with Crippen LogP contribution >= 0.6 is 11.6 Å². The fourth-order valence-corrected chi connectivity index (χ4v) is 3.24. The van der Waals surface area contributed by atoms with E-state index in [0.29, 0.717) is 22.6 Å². The molecule has 0 heterocycles. The second-order valence-corrected chi connectivity index (χ2v) is 7.20. The van der Waals surface area contributed by atoms with Crippen molar-refractivity contribution in [3.8, 4) is 0 Å². The summed E-state index contributed by atoms with van der Waals surface area (Å²) in [6.45, 7) is 4.05. The molecule has 0 saturated carbocycles. The van der Waals surface area contributed by atoms with Crippen molar-refractivity contribution in [2.75, 3.05) is 5.32 Å². The van der Waals surface area contributed by atoms with Crippen LogP contribution in [-0.2, 0) is 11.3 Å². The molecule has 4 nitrogen and oxygen atoms in total. The van der Waals surface area contributed by atoms with Crippen molar-refractivity contribution < 1.29 is 14.6 Å². The first-order chi connectivity index (χ1) is 14.0. The maximum absolute atomic E-state index is 12.8. The fourth-order valence-electron chi connectivity index (χ4n) is 2.98. The smallest absolute Gasteiger partial charge is 0.194 e. The van der Waals surface area contributed by atoms with Crippen molar-refractivity contribution in [1.82, 2.24) is 0 Å². The normalized spacial score (nSPS) is 11.9. The average Bonchev–Trinajstić information content (AvgIpc) is 2.73. The van der Waals surface area contributed by atoms with Crippen LogP contribution in [0.3, 0.4) is 0 Å². The number of nitrogens with one attached hydrogen (secondary N) is 1. The van der Waals surface area contributed by atoms with Gasteiger partial charge in [-0.15, -0.1) is 0 Å². The largest absolute Gasteiger partial charge is 0.368 e. The Bertz CT molecular complexity index is 1000. The van der Waals surface area contributed by atoms with Gasteiger partial charge in [0.05, 0.1) is 11.6 Å². The summed E-state index contributed by atoms with van der Waals surface area (Å²) in [4.78, 5) is 12.8. The monoisotopic (exact) mass is 409 g/mol. The number of para-hydroxylation sites is 1. The maximum Gasteiger partial charge on any atom is 0.194 e. The van der Waals surface area contributed by atoms with Crippen molar-refractivity contribution in [2.24, 2.45) is 0 Å². The predicted molar refractivity (Wildman–Crippen MR) is 117 cm³/mol. The molecule has 150 valence electrons. The molecule has 0 aliphatic rings. The lowest BCUT2D eigenvalue weighted by Gasteiger charge is -2.15. The summed E-state index contributed by atoms with van der Waals surface area (Å²) in [7, 11) is 0. The molecule has 29 heavy (non-hydrogen) atoms. The summed E-state index contributed by atoms with van der Waals surface area (Å²) in [5.74, 6) is -0.0954. The van der Waals surface area contributed by atoms with Gasteiger partial charge in [0.1, 0.15) is 0 Å². The summed E-state index contributed by atoms with van der Waals surface area (Å²) >= 11 is 6.44. The summed E-state index contributed by atoms with van der Waals surface area (Å²) in [6, 6.07) is 20.5. The van der Waals surface area contributed by atoms with Crippen LogP contribution in [0.15, 0.2) is 66.7 Å². The molecule has 3 aromatic carbocycles. The predicted octanol–water partition coefficient (Wildman–Crippen LogP) is 5.87. The van der Waals surface area contributed by atoms with Crippen molar-refractivity contribution in [2.45, 2.75) is 33.2 Å². The molecule has 0 aliphatic carbocycles. The minimum atomic E-state index is -0.788. The Kier molecular flexibility index (Phi) is 7.04. The van der Waals surface area contributed by atoms with Crippen LogP contribution in [0.25, 0.3) is 0 Å². The SMILES string of the molecule is CCC(O)OCc1ccccc1Nc1ccc(C(=O)c2ccccc2C)c(Cl)c1. The van der Waals surface area contributed by atoms with Gasteiger partial charge >= 0.3 is 0 Å². The van der Waals surface area contributed by atoms with Gasteiger partial charge in [-0.3, -0.25) is 4.79 Å². The number of hydrogen-bond acceptors (Lipinski definition) is 4. The third-order valence-corrected chi connectivity index (χ3v) is 4.99. The van der Waals surface area contributed by atoms with Crippen LogP contribution < -0.4 is 5.32 Å². The molecule has 1 atom stereocenters. The quantitative estimate of drug-likeness (QED) is 0.361. The molecule has 5 heteroatoms. The zero-order valence-electron chi connectivity index (χ0n) is 16.5. The molecular formula is C24H24ClNO3. The lowest BCUT2D eigenvalue weighted by molar-refractivity contribution is -0.108. The number of anilines is 2. The summed E-state index contributed by atoms with van der Waals surface area (Å²) in [5, 5.41) is 13.3. The van der Waals surface area contributed by atoms with E-state index in [1.54, 1.807) is 18.2 Å². The molecule has 0 spiro atoms. The van der Waals surface area contributed by atoms with E-state index < -0.39 is 6.29 Å². The van der Waals surface area contributed by atoms with E-state index in [2.05, 4.69) is 5.32 Å². The Morgan fingerprint density at radius 1 is 1.07 bits per heavy atom. The lowest BCUT2D eigenvalue weighted by atomic mass is 9.99. The van der Waals surface area contributed by atoms with Crippen molar-refractivity contribution in [3.05, 3.63) is 94.0 Å². The molecular weight excluding hydrogens is 386 g/mol. The molecule has 2 N–H and O–H groups in total. The third kappa shape index (κ3) is 5.24. The van der Waals surface area contributed by atoms with Crippen molar-refractivity contribution >= 4 is 28.8 Å². The number of hydrogen-bond donors (Lipinski definition) is 2. The van der Waals surface area contributed by atoms with Gasteiger partial charge in [0.25, 0.3) is 0 Å². The minimum absolute atomic E-state index is 0.0954. The van der Waals surface area contributed by atoms with E-state index in [4.69, 9.17) is 16.3 Å². The first-order valence-corrected chi connectivity index (χ1v) is 9.92. The Balaban J connectivity index is 1.80. The number of benzene rings is 3. The van der Waals surface area contributed by atoms with E-state index in [1.165, 1.54) is 0 Å². The van der Waals surface area contributed by atoms with Gasteiger partial charge in [0.2, 0.25) is 0 Å². The number of rotatable bonds is 8. The standard InChI is InChI=1S/C24H24ClNO3/c1-3-23(27)29-15-17-9-5-7-11-22(17)26-18-12-13-20(21(25)14-18)24(28)19-10-6-4-8-16(19)2/h4-14,23,26-27H,3,15H2,1-2H3.